The van der Waals surface area contributed by atoms with Crippen molar-refractivity contribution in [3.63, 3.8) is 0 Å². The summed E-state index contributed by atoms with van der Waals surface area (Å²) in [4.78, 5) is 11.6. The second-order valence-corrected chi connectivity index (χ2v) is 6.98. The molecule has 2 rings (SSSR count). The van der Waals surface area contributed by atoms with E-state index < -0.39 is 22.3 Å². The van der Waals surface area contributed by atoms with Crippen LogP contribution in [-0.2, 0) is 10.0 Å². The van der Waals surface area contributed by atoms with E-state index in [-0.39, 0.29) is 28.8 Å². The first-order chi connectivity index (χ1) is 8.86. The minimum Gasteiger partial charge on any atom is -0.389 e. The molecule has 0 radical (unpaired) electrons. The Morgan fingerprint density at radius 1 is 1.58 bits per heavy atom. The van der Waals surface area contributed by atoms with Crippen LogP contribution >= 0.6 is 11.3 Å². The maximum Gasteiger partial charge on any atom is 0.261 e. The largest absolute Gasteiger partial charge is 0.389 e. The smallest absolute Gasteiger partial charge is 0.261 e. The van der Waals surface area contributed by atoms with E-state index in [9.17, 15) is 22.7 Å². The Labute approximate surface area is 113 Å². The molecule has 1 aromatic rings. The lowest BCUT2D eigenvalue weighted by Gasteiger charge is -2.13. The summed E-state index contributed by atoms with van der Waals surface area (Å²) in [6.45, 7) is -0.636. The number of hydrogen-bond acceptors (Lipinski definition) is 5. The molecule has 1 fully saturated rings. The number of aliphatic hydroxyl groups excluding tert-OH is 1. The minimum absolute atomic E-state index is 0.0580. The Morgan fingerprint density at radius 3 is 2.79 bits per heavy atom. The summed E-state index contributed by atoms with van der Waals surface area (Å²) < 4.78 is 38.4. The first-order valence-electron chi connectivity index (χ1n) is 5.49. The molecule has 1 amide bonds. The monoisotopic (exact) mass is 308 g/mol. The first kappa shape index (κ1) is 14.4. The van der Waals surface area contributed by atoms with Gasteiger partial charge in [-0.2, -0.15) is 4.31 Å². The number of nitrogens with one attached hydrogen (secondary N) is 1. The van der Waals surface area contributed by atoms with Crippen LogP contribution in [0, 0.1) is 0 Å². The molecule has 1 aromatic heterocycles. The van der Waals surface area contributed by atoms with Crippen molar-refractivity contribution in [1.29, 1.82) is 0 Å². The summed E-state index contributed by atoms with van der Waals surface area (Å²) in [6, 6.07) is 1.25. The van der Waals surface area contributed by atoms with Crippen LogP contribution in [0.2, 0.25) is 0 Å². The normalized spacial score (nSPS) is 24.6. The Balaban J connectivity index is 2.25. The van der Waals surface area contributed by atoms with E-state index in [0.29, 0.717) is 0 Å². The topological polar surface area (TPSA) is 86.7 Å². The summed E-state index contributed by atoms with van der Waals surface area (Å²) in [5.41, 5.74) is 0. The first-order valence-corrected chi connectivity index (χ1v) is 7.81. The van der Waals surface area contributed by atoms with Gasteiger partial charge in [-0.15, -0.1) is 11.3 Å². The van der Waals surface area contributed by atoms with Crippen molar-refractivity contribution in [3.05, 3.63) is 16.3 Å². The van der Waals surface area contributed by atoms with Crippen molar-refractivity contribution in [2.75, 3.05) is 20.1 Å². The Morgan fingerprint density at radius 2 is 2.26 bits per heavy atom. The summed E-state index contributed by atoms with van der Waals surface area (Å²) in [7, 11) is -2.42. The van der Waals surface area contributed by atoms with Gasteiger partial charge >= 0.3 is 0 Å². The number of hydrogen-bond donors (Lipinski definition) is 2. The van der Waals surface area contributed by atoms with Crippen molar-refractivity contribution in [1.82, 2.24) is 9.62 Å². The molecule has 2 N–H and O–H groups in total. The van der Waals surface area contributed by atoms with Crippen LogP contribution in [0.4, 0.5) is 4.39 Å². The molecule has 1 aliphatic heterocycles. The average Bonchev–Trinajstić information content (AvgIpc) is 2.97. The van der Waals surface area contributed by atoms with Crippen LogP contribution in [0.5, 0.6) is 0 Å². The third-order valence-corrected chi connectivity index (χ3v) is 5.74. The van der Waals surface area contributed by atoms with Gasteiger partial charge in [0.15, 0.2) is 0 Å². The molecule has 19 heavy (non-hydrogen) atoms. The maximum atomic E-state index is 13.2. The standard InChI is InChI=1S/C10H13FN2O4S2/c1-12-10(15)9-2-6(5-18-9)19(16,17)13-3-7(11)8(14)4-13/h2,5,7-8,14H,3-4H2,1H3,(H,12,15)/t7-,8-/m1/s1. The maximum absolute atomic E-state index is 13.2. The number of rotatable bonds is 3. The summed E-state index contributed by atoms with van der Waals surface area (Å²) in [5, 5.41) is 13.0. The van der Waals surface area contributed by atoms with Crippen LogP contribution in [0.25, 0.3) is 0 Å². The van der Waals surface area contributed by atoms with Gasteiger partial charge in [0.25, 0.3) is 5.91 Å². The zero-order valence-electron chi connectivity index (χ0n) is 10.0. The van der Waals surface area contributed by atoms with E-state index in [0.717, 1.165) is 15.6 Å². The highest BCUT2D eigenvalue weighted by Gasteiger charge is 2.39. The average molecular weight is 308 g/mol. The Kier molecular flexibility index (Phi) is 3.90. The van der Waals surface area contributed by atoms with Crippen molar-refractivity contribution in [2.24, 2.45) is 0 Å². The number of alkyl halides is 1. The molecule has 6 nitrogen and oxygen atoms in total. The highest BCUT2D eigenvalue weighted by Crippen LogP contribution is 2.26. The van der Waals surface area contributed by atoms with Crippen molar-refractivity contribution in [2.45, 2.75) is 17.2 Å². The predicted molar refractivity (Wildman–Crippen MR) is 67.4 cm³/mol. The zero-order valence-corrected chi connectivity index (χ0v) is 11.7. The molecule has 0 bridgehead atoms. The Bertz CT molecular complexity index is 576. The summed E-state index contributed by atoms with van der Waals surface area (Å²) >= 11 is 0.995. The van der Waals surface area contributed by atoms with E-state index in [1.54, 1.807) is 0 Å². The molecule has 0 saturated carbocycles. The lowest BCUT2D eigenvalue weighted by molar-refractivity contribution is 0.0967. The molecular weight excluding hydrogens is 295 g/mol. The SMILES string of the molecule is CNC(=O)c1cc(S(=O)(=O)N2C[C@@H](O)[C@H](F)C2)cs1. The third-order valence-electron chi connectivity index (χ3n) is 2.85. The quantitative estimate of drug-likeness (QED) is 0.810. The van der Waals surface area contributed by atoms with E-state index in [2.05, 4.69) is 5.32 Å². The number of β-amino-alcohol motifs (C(OH)–C–C–N with tert-alkyl or cyclic N) is 1. The van der Waals surface area contributed by atoms with Gasteiger partial charge in [-0.1, -0.05) is 0 Å². The number of carbonyl (C=O) groups excluding carboxylic acids is 1. The van der Waals surface area contributed by atoms with Crippen molar-refractivity contribution < 1.29 is 22.7 Å². The fourth-order valence-corrected chi connectivity index (χ4v) is 4.43. The number of sulfonamides is 1. The molecule has 0 unspecified atom stereocenters. The molecule has 0 spiro atoms. The lowest BCUT2D eigenvalue weighted by atomic mass is 10.3. The number of halogens is 1. The van der Waals surface area contributed by atoms with E-state index in [4.69, 9.17) is 0 Å². The molecule has 9 heteroatoms. The molecule has 1 aliphatic rings. The molecule has 106 valence electrons. The van der Waals surface area contributed by atoms with Gasteiger partial charge in [0.2, 0.25) is 10.0 Å². The van der Waals surface area contributed by atoms with Gasteiger partial charge in [-0.05, 0) is 6.07 Å². The van der Waals surface area contributed by atoms with Crippen LogP contribution in [0.15, 0.2) is 16.3 Å². The molecule has 2 atom stereocenters. The van der Waals surface area contributed by atoms with Gasteiger partial charge in [0, 0.05) is 25.5 Å². The van der Waals surface area contributed by atoms with Crippen molar-refractivity contribution in [3.8, 4) is 0 Å². The van der Waals surface area contributed by atoms with E-state index >= 15 is 0 Å². The van der Waals surface area contributed by atoms with Gasteiger partial charge in [-0.25, -0.2) is 12.8 Å². The van der Waals surface area contributed by atoms with E-state index in [1.807, 2.05) is 0 Å². The number of thiophene rings is 1. The fraction of sp³-hybridized carbons (Fsp3) is 0.500. The van der Waals surface area contributed by atoms with Crippen molar-refractivity contribution >= 4 is 27.3 Å². The minimum atomic E-state index is -3.86. The highest BCUT2D eigenvalue weighted by molar-refractivity contribution is 7.89. The fourth-order valence-electron chi connectivity index (χ4n) is 1.76. The highest BCUT2D eigenvalue weighted by atomic mass is 32.2. The van der Waals surface area contributed by atoms with Crippen LogP contribution in [0.1, 0.15) is 9.67 Å². The second-order valence-electron chi connectivity index (χ2n) is 4.13. The molecule has 2 heterocycles. The lowest BCUT2D eigenvalue weighted by Crippen LogP contribution is -2.29. The third kappa shape index (κ3) is 2.64. The summed E-state index contributed by atoms with van der Waals surface area (Å²) in [5.74, 6) is -0.378. The number of amides is 1. The number of carbonyl (C=O) groups is 1. The van der Waals surface area contributed by atoms with Gasteiger partial charge in [0.1, 0.15) is 12.3 Å². The van der Waals surface area contributed by atoms with Gasteiger partial charge in [-0.3, -0.25) is 4.79 Å². The van der Waals surface area contributed by atoms with Gasteiger partial charge < -0.3 is 10.4 Å². The molecular formula is C10H13FN2O4S2. The van der Waals surface area contributed by atoms with Gasteiger partial charge in [0.05, 0.1) is 9.77 Å². The van der Waals surface area contributed by atoms with Crippen LogP contribution < -0.4 is 5.32 Å². The number of aliphatic hydroxyl groups is 1. The molecule has 0 aliphatic carbocycles. The van der Waals surface area contributed by atoms with Crippen LogP contribution in [-0.4, -0.2) is 56.1 Å². The molecule has 1 saturated heterocycles. The van der Waals surface area contributed by atoms with E-state index in [1.165, 1.54) is 18.5 Å². The zero-order chi connectivity index (χ0) is 14.2. The summed E-state index contributed by atoms with van der Waals surface area (Å²) in [6.07, 6.45) is -2.88. The second kappa shape index (κ2) is 5.16. The van der Waals surface area contributed by atoms with Crippen LogP contribution in [0.3, 0.4) is 0 Å². The Hall–Kier alpha value is -1.03. The predicted octanol–water partition coefficient (Wildman–Crippen LogP) is -0.189. The molecule has 0 aromatic carbocycles. The number of nitrogens with zero attached hydrogens (tertiary/aromatic N) is 1.